The van der Waals surface area contributed by atoms with E-state index in [1.54, 1.807) is 0 Å². The maximum Gasteiger partial charge on any atom is 0.0163 e. The Hall–Kier alpha value is -0.340. The van der Waals surface area contributed by atoms with E-state index in [9.17, 15) is 0 Å². The summed E-state index contributed by atoms with van der Waals surface area (Å²) in [5.41, 5.74) is 5.89. The molecule has 0 saturated heterocycles. The van der Waals surface area contributed by atoms with Gasteiger partial charge in [0.2, 0.25) is 0 Å². The monoisotopic (exact) mass is 182 g/mol. The minimum Gasteiger partial charge on any atom is -0.328 e. The lowest BCUT2D eigenvalue weighted by Gasteiger charge is -2.21. The summed E-state index contributed by atoms with van der Waals surface area (Å²) in [5.74, 6) is 0. The third kappa shape index (κ3) is 3.92. The number of nitrogens with two attached hydrogens (primary N) is 1. The van der Waals surface area contributed by atoms with E-state index in [0.717, 1.165) is 32.0 Å². The Kier molecular flexibility index (Phi) is 4.46. The van der Waals surface area contributed by atoms with Crippen LogP contribution >= 0.6 is 0 Å². The fraction of sp³-hybridized carbons (Fsp3) is 0.818. The summed E-state index contributed by atoms with van der Waals surface area (Å²) in [6.07, 6.45) is 6.95. The summed E-state index contributed by atoms with van der Waals surface area (Å²) in [6, 6.07) is 1.22. The molecule has 2 N–H and O–H groups in total. The van der Waals surface area contributed by atoms with Crippen LogP contribution in [0.2, 0.25) is 0 Å². The van der Waals surface area contributed by atoms with Gasteiger partial charge < -0.3 is 5.73 Å². The Labute approximate surface area is 81.8 Å². The zero-order valence-corrected chi connectivity index (χ0v) is 8.71. The van der Waals surface area contributed by atoms with E-state index in [1.165, 1.54) is 12.8 Å². The third-order valence-corrected chi connectivity index (χ3v) is 2.74. The predicted octanol–water partition coefficient (Wildman–Crippen LogP) is 1.76. The summed E-state index contributed by atoms with van der Waals surface area (Å²) in [7, 11) is 0. The highest BCUT2D eigenvalue weighted by atomic mass is 15.2. The molecular weight excluding hydrogens is 160 g/mol. The van der Waals surface area contributed by atoms with Gasteiger partial charge in [-0.05, 0) is 25.7 Å². The molecule has 1 aliphatic rings. The van der Waals surface area contributed by atoms with Crippen LogP contribution in [0.15, 0.2) is 12.7 Å². The molecule has 2 nitrogen and oxygen atoms in total. The largest absolute Gasteiger partial charge is 0.328 e. The second-order valence-corrected chi connectivity index (χ2v) is 3.97. The van der Waals surface area contributed by atoms with E-state index in [-0.39, 0.29) is 0 Å². The zero-order valence-electron chi connectivity index (χ0n) is 8.71. The number of hydrogen-bond donors (Lipinski definition) is 1. The maximum atomic E-state index is 5.89. The highest BCUT2D eigenvalue weighted by Gasteiger charge is 2.27. The molecule has 0 aromatic rings. The SMILES string of the molecule is C=CCN(CCC(N)CC)C1CC1. The molecule has 1 fully saturated rings. The Bertz CT molecular complexity index is 152. The molecule has 1 unspecified atom stereocenters. The van der Waals surface area contributed by atoms with Gasteiger partial charge in [-0.2, -0.15) is 0 Å². The van der Waals surface area contributed by atoms with Crippen molar-refractivity contribution in [1.29, 1.82) is 0 Å². The Morgan fingerprint density at radius 2 is 2.31 bits per heavy atom. The van der Waals surface area contributed by atoms with Crippen molar-refractivity contribution in [3.8, 4) is 0 Å². The molecule has 0 heterocycles. The molecule has 76 valence electrons. The van der Waals surface area contributed by atoms with E-state index in [0.29, 0.717) is 6.04 Å². The average Bonchev–Trinajstić information content (AvgIpc) is 2.94. The first-order valence-corrected chi connectivity index (χ1v) is 5.38. The lowest BCUT2D eigenvalue weighted by atomic mass is 10.1. The molecule has 0 aromatic heterocycles. The van der Waals surface area contributed by atoms with Crippen molar-refractivity contribution in [2.24, 2.45) is 5.73 Å². The standard InChI is InChI=1S/C11H22N2/c1-3-8-13(11-5-6-11)9-7-10(12)4-2/h3,10-11H,1,4-9,12H2,2H3. The van der Waals surface area contributed by atoms with Gasteiger partial charge in [-0.25, -0.2) is 0 Å². The van der Waals surface area contributed by atoms with Crippen LogP contribution in [0.5, 0.6) is 0 Å². The summed E-state index contributed by atoms with van der Waals surface area (Å²) in [4.78, 5) is 2.50. The van der Waals surface area contributed by atoms with Gasteiger partial charge in [0, 0.05) is 25.2 Å². The van der Waals surface area contributed by atoms with Crippen molar-refractivity contribution in [3.63, 3.8) is 0 Å². The molecule has 1 aliphatic carbocycles. The minimum absolute atomic E-state index is 0.381. The molecule has 0 radical (unpaired) electrons. The third-order valence-electron chi connectivity index (χ3n) is 2.74. The summed E-state index contributed by atoms with van der Waals surface area (Å²) < 4.78 is 0. The predicted molar refractivity (Wildman–Crippen MR) is 57.7 cm³/mol. The van der Waals surface area contributed by atoms with Crippen molar-refractivity contribution < 1.29 is 0 Å². The molecule has 1 saturated carbocycles. The van der Waals surface area contributed by atoms with Crippen molar-refractivity contribution in [1.82, 2.24) is 4.90 Å². The molecule has 0 bridgehead atoms. The minimum atomic E-state index is 0.381. The van der Waals surface area contributed by atoms with Crippen LogP contribution in [-0.2, 0) is 0 Å². The van der Waals surface area contributed by atoms with Crippen LogP contribution in [-0.4, -0.2) is 30.1 Å². The van der Waals surface area contributed by atoms with Gasteiger partial charge >= 0.3 is 0 Å². The van der Waals surface area contributed by atoms with Gasteiger partial charge in [0.15, 0.2) is 0 Å². The van der Waals surface area contributed by atoms with Crippen LogP contribution in [0.25, 0.3) is 0 Å². The highest BCUT2D eigenvalue weighted by molar-refractivity contribution is 4.88. The van der Waals surface area contributed by atoms with E-state index in [2.05, 4.69) is 18.4 Å². The highest BCUT2D eigenvalue weighted by Crippen LogP contribution is 2.26. The van der Waals surface area contributed by atoms with E-state index in [4.69, 9.17) is 5.73 Å². The molecule has 1 atom stereocenters. The molecule has 2 heteroatoms. The Morgan fingerprint density at radius 1 is 1.62 bits per heavy atom. The second-order valence-electron chi connectivity index (χ2n) is 3.97. The van der Waals surface area contributed by atoms with E-state index >= 15 is 0 Å². The zero-order chi connectivity index (χ0) is 9.68. The van der Waals surface area contributed by atoms with Gasteiger partial charge in [-0.15, -0.1) is 6.58 Å². The molecule has 0 amide bonds. The fourth-order valence-electron chi connectivity index (χ4n) is 1.56. The topological polar surface area (TPSA) is 29.3 Å². The first-order chi connectivity index (χ1) is 6.27. The number of nitrogens with zero attached hydrogens (tertiary/aromatic N) is 1. The van der Waals surface area contributed by atoms with Crippen molar-refractivity contribution in [3.05, 3.63) is 12.7 Å². The summed E-state index contributed by atoms with van der Waals surface area (Å²) >= 11 is 0. The Balaban J connectivity index is 2.17. The van der Waals surface area contributed by atoms with Gasteiger partial charge in [-0.1, -0.05) is 13.0 Å². The van der Waals surface area contributed by atoms with E-state index in [1.807, 2.05) is 6.08 Å². The quantitative estimate of drug-likeness (QED) is 0.608. The lowest BCUT2D eigenvalue weighted by Crippen LogP contribution is -2.32. The van der Waals surface area contributed by atoms with Crippen molar-refractivity contribution in [2.45, 2.75) is 44.7 Å². The first-order valence-electron chi connectivity index (χ1n) is 5.38. The van der Waals surface area contributed by atoms with Crippen LogP contribution in [0.3, 0.4) is 0 Å². The molecule has 1 rings (SSSR count). The van der Waals surface area contributed by atoms with Gasteiger partial charge in [0.05, 0.1) is 0 Å². The number of rotatable bonds is 7. The normalized spacial score (nSPS) is 19.0. The lowest BCUT2D eigenvalue weighted by molar-refractivity contribution is 0.278. The molecular formula is C11H22N2. The van der Waals surface area contributed by atoms with Crippen molar-refractivity contribution >= 4 is 0 Å². The van der Waals surface area contributed by atoms with Crippen LogP contribution in [0.4, 0.5) is 0 Å². The second kappa shape index (κ2) is 5.40. The first kappa shape index (κ1) is 10.7. The van der Waals surface area contributed by atoms with Crippen LogP contribution in [0.1, 0.15) is 32.6 Å². The molecule has 13 heavy (non-hydrogen) atoms. The van der Waals surface area contributed by atoms with Crippen molar-refractivity contribution in [2.75, 3.05) is 13.1 Å². The number of hydrogen-bond acceptors (Lipinski definition) is 2. The van der Waals surface area contributed by atoms with Gasteiger partial charge in [0.1, 0.15) is 0 Å². The average molecular weight is 182 g/mol. The van der Waals surface area contributed by atoms with Crippen LogP contribution < -0.4 is 5.73 Å². The molecule has 0 aromatic carbocycles. The fourth-order valence-corrected chi connectivity index (χ4v) is 1.56. The molecule has 0 spiro atoms. The maximum absolute atomic E-state index is 5.89. The smallest absolute Gasteiger partial charge is 0.0163 e. The van der Waals surface area contributed by atoms with Gasteiger partial charge in [0.25, 0.3) is 0 Å². The Morgan fingerprint density at radius 3 is 2.77 bits per heavy atom. The summed E-state index contributed by atoms with van der Waals surface area (Å²) in [6.45, 7) is 8.11. The van der Waals surface area contributed by atoms with E-state index < -0.39 is 0 Å². The molecule has 0 aliphatic heterocycles. The van der Waals surface area contributed by atoms with Crippen LogP contribution in [0, 0.1) is 0 Å². The van der Waals surface area contributed by atoms with Gasteiger partial charge in [-0.3, -0.25) is 4.90 Å². The summed E-state index contributed by atoms with van der Waals surface area (Å²) in [5, 5.41) is 0.